The van der Waals surface area contributed by atoms with Gasteiger partial charge in [0.25, 0.3) is 11.5 Å². The number of thiophene rings is 1. The van der Waals surface area contributed by atoms with Gasteiger partial charge in [0.15, 0.2) is 0 Å². The highest BCUT2D eigenvalue weighted by molar-refractivity contribution is 7.20. The largest absolute Gasteiger partial charge is 0.481 e. The number of hydrogen-bond acceptors (Lipinski definition) is 5. The highest BCUT2D eigenvalue weighted by Crippen LogP contribution is 2.31. The lowest BCUT2D eigenvalue weighted by Crippen LogP contribution is -2.40. The Morgan fingerprint density at radius 3 is 2.41 bits per heavy atom. The van der Waals surface area contributed by atoms with Gasteiger partial charge in [-0.2, -0.15) is 13.2 Å². The first-order valence-corrected chi connectivity index (χ1v) is 13.3. The molecule has 0 aliphatic carbocycles. The molecule has 1 aromatic carbocycles. The monoisotopic (exact) mass is 569 g/mol. The summed E-state index contributed by atoms with van der Waals surface area (Å²) in [6.45, 7) is 1.23. The maximum absolute atomic E-state index is 13.6. The van der Waals surface area contributed by atoms with Crippen LogP contribution in [-0.4, -0.2) is 50.3 Å². The van der Waals surface area contributed by atoms with Gasteiger partial charge in [0.1, 0.15) is 10.6 Å². The highest BCUT2D eigenvalue weighted by Gasteiger charge is 2.31. The van der Waals surface area contributed by atoms with Crippen LogP contribution in [0.25, 0.3) is 10.2 Å². The molecule has 0 saturated carbocycles. The molecule has 4 rings (SSSR count). The molecule has 8 nitrogen and oxygen atoms in total. The molecule has 1 N–H and O–H groups in total. The number of rotatable bonds is 8. The number of piperidine rings is 1. The van der Waals surface area contributed by atoms with Crippen molar-refractivity contribution in [2.75, 3.05) is 13.1 Å². The average molecular weight is 570 g/mol. The van der Waals surface area contributed by atoms with Crippen LogP contribution in [0, 0.1) is 18.7 Å². The first kappa shape index (κ1) is 28.5. The molecule has 1 amide bonds. The molecule has 210 valence electrons. The van der Waals surface area contributed by atoms with Crippen LogP contribution in [0.5, 0.6) is 0 Å². The topological polar surface area (TPSA) is 102 Å². The van der Waals surface area contributed by atoms with Crippen LogP contribution in [0.3, 0.4) is 0 Å². The van der Waals surface area contributed by atoms with Crippen molar-refractivity contribution in [1.29, 1.82) is 0 Å². The number of alkyl halides is 3. The van der Waals surface area contributed by atoms with Gasteiger partial charge in [-0.1, -0.05) is 12.1 Å². The van der Waals surface area contributed by atoms with Crippen LogP contribution in [0.15, 0.2) is 33.9 Å². The Hall–Kier alpha value is -3.48. The Morgan fingerprint density at radius 2 is 1.79 bits per heavy atom. The van der Waals surface area contributed by atoms with Gasteiger partial charge in [-0.25, -0.2) is 9.18 Å². The van der Waals surface area contributed by atoms with Crippen molar-refractivity contribution in [3.8, 4) is 0 Å². The molecule has 2 aromatic heterocycles. The third-order valence-electron chi connectivity index (χ3n) is 6.99. The van der Waals surface area contributed by atoms with Crippen LogP contribution in [-0.2, 0) is 24.3 Å². The van der Waals surface area contributed by atoms with E-state index in [-0.39, 0.29) is 46.0 Å². The fourth-order valence-corrected chi connectivity index (χ4v) is 6.18. The van der Waals surface area contributed by atoms with Gasteiger partial charge in [0.2, 0.25) is 0 Å². The summed E-state index contributed by atoms with van der Waals surface area (Å²) in [6, 6.07) is 5.58. The first-order chi connectivity index (χ1) is 18.4. The van der Waals surface area contributed by atoms with Crippen LogP contribution in [0.1, 0.15) is 46.5 Å². The summed E-state index contributed by atoms with van der Waals surface area (Å²) in [4.78, 5) is 52.8. The molecule has 1 aliphatic heterocycles. The van der Waals surface area contributed by atoms with Gasteiger partial charge in [0, 0.05) is 32.6 Å². The van der Waals surface area contributed by atoms with E-state index in [9.17, 15) is 36.7 Å². The molecule has 3 aromatic rings. The lowest BCUT2D eigenvalue weighted by atomic mass is 9.93. The van der Waals surface area contributed by atoms with E-state index in [4.69, 9.17) is 5.11 Å². The Kier molecular flexibility index (Phi) is 8.28. The molecule has 0 bridgehead atoms. The number of halogens is 4. The number of carbonyl (C=O) groups excluding carboxylic acids is 1. The zero-order valence-electron chi connectivity index (χ0n) is 21.1. The summed E-state index contributed by atoms with van der Waals surface area (Å²) < 4.78 is 54.7. The van der Waals surface area contributed by atoms with E-state index < -0.39 is 48.1 Å². The SMILES string of the molecule is Cc1c(C(=O)N2CCC(CC(=O)O)CC2)sc2c1c(=O)n(CCc1cccc(F)c1)c(=O)n2CCC(F)(F)F. The third kappa shape index (κ3) is 6.40. The molecule has 39 heavy (non-hydrogen) atoms. The molecular formula is C26H27F4N3O5S. The second-order valence-electron chi connectivity index (χ2n) is 9.71. The molecule has 0 atom stereocenters. The number of carbonyl (C=O) groups is 2. The number of amides is 1. The van der Waals surface area contributed by atoms with E-state index >= 15 is 0 Å². The maximum Gasteiger partial charge on any atom is 0.390 e. The second kappa shape index (κ2) is 11.3. The number of carboxylic acids is 1. The molecule has 1 fully saturated rings. The zero-order chi connectivity index (χ0) is 28.5. The van der Waals surface area contributed by atoms with E-state index in [1.807, 2.05) is 0 Å². The van der Waals surface area contributed by atoms with Crippen LogP contribution in [0.4, 0.5) is 17.6 Å². The van der Waals surface area contributed by atoms with E-state index in [1.165, 1.54) is 30.0 Å². The Balaban J connectivity index is 1.72. The minimum absolute atomic E-state index is 0.00197. The van der Waals surface area contributed by atoms with E-state index in [0.29, 0.717) is 31.5 Å². The summed E-state index contributed by atoms with van der Waals surface area (Å²) >= 11 is 0.815. The predicted molar refractivity (Wildman–Crippen MR) is 137 cm³/mol. The van der Waals surface area contributed by atoms with Gasteiger partial charge < -0.3 is 10.0 Å². The summed E-state index contributed by atoms with van der Waals surface area (Å²) in [5, 5.41) is 9.02. The van der Waals surface area contributed by atoms with Gasteiger partial charge in [-0.05, 0) is 55.4 Å². The Morgan fingerprint density at radius 1 is 1.10 bits per heavy atom. The summed E-state index contributed by atoms with van der Waals surface area (Å²) in [7, 11) is 0. The van der Waals surface area contributed by atoms with Gasteiger partial charge in [-0.3, -0.25) is 23.5 Å². The highest BCUT2D eigenvalue weighted by atomic mass is 32.1. The van der Waals surface area contributed by atoms with Crippen molar-refractivity contribution < 1.29 is 32.3 Å². The van der Waals surface area contributed by atoms with Crippen LogP contribution >= 0.6 is 11.3 Å². The fourth-order valence-electron chi connectivity index (χ4n) is 4.90. The lowest BCUT2D eigenvalue weighted by Gasteiger charge is -2.31. The molecule has 1 aliphatic rings. The van der Waals surface area contributed by atoms with Crippen molar-refractivity contribution in [2.24, 2.45) is 5.92 Å². The molecule has 1 saturated heterocycles. The number of hydrogen-bond donors (Lipinski definition) is 1. The smallest absolute Gasteiger partial charge is 0.390 e. The van der Waals surface area contributed by atoms with Gasteiger partial charge in [-0.15, -0.1) is 11.3 Å². The van der Waals surface area contributed by atoms with E-state index in [0.717, 1.165) is 20.5 Å². The van der Waals surface area contributed by atoms with Crippen molar-refractivity contribution in [3.05, 3.63) is 66.9 Å². The van der Waals surface area contributed by atoms with Crippen molar-refractivity contribution in [3.63, 3.8) is 0 Å². The number of fused-ring (bicyclic) bond motifs is 1. The number of likely N-dealkylation sites (tertiary alicyclic amines) is 1. The van der Waals surface area contributed by atoms with Gasteiger partial charge >= 0.3 is 17.8 Å². The molecule has 3 heterocycles. The minimum Gasteiger partial charge on any atom is -0.481 e. The molecular weight excluding hydrogens is 542 g/mol. The molecule has 0 spiro atoms. The molecule has 13 heteroatoms. The fraction of sp³-hybridized carbons (Fsp3) is 0.462. The number of carboxylic acid groups (broad SMARTS) is 1. The quantitative estimate of drug-likeness (QED) is 0.410. The Bertz CT molecular complexity index is 1520. The van der Waals surface area contributed by atoms with Crippen molar-refractivity contribution >= 4 is 33.4 Å². The summed E-state index contributed by atoms with van der Waals surface area (Å²) in [6.07, 6.45) is -4.78. The van der Waals surface area contributed by atoms with Crippen molar-refractivity contribution in [1.82, 2.24) is 14.0 Å². The summed E-state index contributed by atoms with van der Waals surface area (Å²) in [5.74, 6) is -1.89. The third-order valence-corrected chi connectivity index (χ3v) is 8.29. The average Bonchev–Trinajstić information content (AvgIpc) is 3.20. The Labute approximate surface area is 224 Å². The maximum atomic E-state index is 13.6. The van der Waals surface area contributed by atoms with Crippen LogP contribution in [0.2, 0.25) is 0 Å². The number of aliphatic carboxylic acids is 1. The van der Waals surface area contributed by atoms with Crippen LogP contribution < -0.4 is 11.2 Å². The number of nitrogens with zero attached hydrogens (tertiary/aromatic N) is 3. The second-order valence-corrected chi connectivity index (χ2v) is 10.7. The number of benzene rings is 1. The van der Waals surface area contributed by atoms with E-state index in [2.05, 4.69) is 0 Å². The zero-order valence-corrected chi connectivity index (χ0v) is 21.9. The predicted octanol–water partition coefficient (Wildman–Crippen LogP) is 4.19. The number of aromatic nitrogens is 2. The summed E-state index contributed by atoms with van der Waals surface area (Å²) in [5.41, 5.74) is -0.865. The molecule has 0 unspecified atom stereocenters. The number of aryl methyl sites for hydroxylation is 3. The lowest BCUT2D eigenvalue weighted by molar-refractivity contribution is -0.138. The van der Waals surface area contributed by atoms with Gasteiger partial charge in [0.05, 0.1) is 16.7 Å². The standard InChI is InChI=1S/C26H27F4N3O5S/c1-15-20-22(36)32(11-7-16-3-2-4-18(27)13-16)25(38)33(12-8-26(28,29)30)24(20)39-21(15)23(37)31-9-5-17(6-10-31)14-19(34)35/h2-4,13,17H,5-12,14H2,1H3,(H,34,35). The van der Waals surface area contributed by atoms with Crippen molar-refractivity contribution in [2.45, 2.75) is 58.3 Å². The normalized spacial score (nSPS) is 14.7. The first-order valence-electron chi connectivity index (χ1n) is 12.4. The minimum atomic E-state index is -4.56. The van der Waals surface area contributed by atoms with E-state index in [1.54, 1.807) is 6.07 Å². The molecule has 0 radical (unpaired) electrons.